The van der Waals surface area contributed by atoms with Gasteiger partial charge in [-0.2, -0.15) is 0 Å². The number of halogens is 1. The van der Waals surface area contributed by atoms with Crippen molar-refractivity contribution in [2.75, 3.05) is 11.9 Å². The van der Waals surface area contributed by atoms with Crippen molar-refractivity contribution in [3.63, 3.8) is 0 Å². The van der Waals surface area contributed by atoms with Crippen LogP contribution < -0.4 is 5.32 Å². The Morgan fingerprint density at radius 1 is 1.04 bits per heavy atom. The molecule has 0 atom stereocenters. The Labute approximate surface area is 150 Å². The molecule has 2 heterocycles. The molecule has 6 heteroatoms. The Bertz CT molecular complexity index is 960. The van der Waals surface area contributed by atoms with Crippen molar-refractivity contribution in [3.05, 3.63) is 83.6 Å². The highest BCUT2D eigenvalue weighted by Crippen LogP contribution is 2.21. The van der Waals surface area contributed by atoms with E-state index in [0.29, 0.717) is 30.3 Å². The minimum Gasteiger partial charge on any atom is -0.340 e. The Hall–Kier alpha value is -3.28. The Morgan fingerprint density at radius 3 is 2.73 bits per heavy atom. The quantitative estimate of drug-likeness (QED) is 0.786. The van der Waals surface area contributed by atoms with Crippen molar-refractivity contribution in [1.82, 2.24) is 14.9 Å². The predicted molar refractivity (Wildman–Crippen MR) is 96.6 cm³/mol. The zero-order valence-corrected chi connectivity index (χ0v) is 14.0. The predicted octanol–water partition coefficient (Wildman–Crippen LogP) is 3.56. The molecule has 26 heavy (non-hydrogen) atoms. The van der Waals surface area contributed by atoms with Crippen LogP contribution in [-0.2, 0) is 13.0 Å². The van der Waals surface area contributed by atoms with Crippen molar-refractivity contribution >= 4 is 17.4 Å². The van der Waals surface area contributed by atoms with E-state index in [9.17, 15) is 9.18 Å². The van der Waals surface area contributed by atoms with Crippen LogP contribution in [0.15, 0.2) is 60.9 Å². The molecule has 5 nitrogen and oxygen atoms in total. The minimum atomic E-state index is -0.340. The summed E-state index contributed by atoms with van der Waals surface area (Å²) in [5.74, 6) is -0.0251. The zero-order valence-electron chi connectivity index (χ0n) is 14.0. The molecule has 0 fully saturated rings. The molecular weight excluding hydrogens is 331 g/mol. The van der Waals surface area contributed by atoms with Gasteiger partial charge < -0.3 is 10.2 Å². The van der Waals surface area contributed by atoms with Crippen molar-refractivity contribution in [2.24, 2.45) is 0 Å². The van der Waals surface area contributed by atoms with E-state index in [-0.39, 0.29) is 11.7 Å². The largest absolute Gasteiger partial charge is 0.340 e. The molecule has 0 radical (unpaired) electrons. The third-order valence-electron chi connectivity index (χ3n) is 4.40. The third kappa shape index (κ3) is 3.39. The number of hydrogen-bond acceptors (Lipinski definition) is 4. The minimum absolute atomic E-state index is 0.135. The van der Waals surface area contributed by atoms with E-state index in [2.05, 4.69) is 21.4 Å². The molecule has 0 bridgehead atoms. The maximum atomic E-state index is 13.3. The number of benzene rings is 2. The number of fused-ring (bicyclic) bond motifs is 1. The van der Waals surface area contributed by atoms with Gasteiger partial charge in [0.1, 0.15) is 23.7 Å². The van der Waals surface area contributed by atoms with Crippen LogP contribution in [-0.4, -0.2) is 27.3 Å². The number of nitrogens with zero attached hydrogens (tertiary/aromatic N) is 3. The lowest BCUT2D eigenvalue weighted by Gasteiger charge is -2.28. The standard InChI is InChI=1S/C20H17FN4O/c21-16-6-3-7-17(10-16)24-19-11-18(22-13-23-19)20(26)25-9-8-14-4-1-2-5-15(14)12-25/h1-7,10-11,13H,8-9,12H2,(H,22,23,24). The lowest BCUT2D eigenvalue weighted by molar-refractivity contribution is 0.0728. The second-order valence-electron chi connectivity index (χ2n) is 6.17. The van der Waals surface area contributed by atoms with Crippen LogP contribution in [0.2, 0.25) is 0 Å². The van der Waals surface area contributed by atoms with Crippen LogP contribution in [0.4, 0.5) is 15.9 Å². The molecule has 4 rings (SSSR count). The number of carbonyl (C=O) groups is 1. The number of anilines is 2. The maximum Gasteiger partial charge on any atom is 0.272 e. The van der Waals surface area contributed by atoms with E-state index < -0.39 is 0 Å². The van der Waals surface area contributed by atoms with E-state index in [0.717, 1.165) is 6.42 Å². The van der Waals surface area contributed by atoms with Crippen LogP contribution in [0.5, 0.6) is 0 Å². The lowest BCUT2D eigenvalue weighted by Crippen LogP contribution is -2.36. The van der Waals surface area contributed by atoms with Gasteiger partial charge in [-0.25, -0.2) is 14.4 Å². The van der Waals surface area contributed by atoms with Crippen molar-refractivity contribution in [2.45, 2.75) is 13.0 Å². The molecule has 0 spiro atoms. The van der Waals surface area contributed by atoms with Gasteiger partial charge in [0.25, 0.3) is 5.91 Å². The topological polar surface area (TPSA) is 58.1 Å². The van der Waals surface area contributed by atoms with E-state index in [1.807, 2.05) is 18.2 Å². The fourth-order valence-corrected chi connectivity index (χ4v) is 3.09. The van der Waals surface area contributed by atoms with Gasteiger partial charge in [-0.3, -0.25) is 4.79 Å². The molecule has 0 saturated heterocycles. The highest BCUT2D eigenvalue weighted by molar-refractivity contribution is 5.93. The summed E-state index contributed by atoms with van der Waals surface area (Å²) in [5, 5.41) is 3.00. The second-order valence-corrected chi connectivity index (χ2v) is 6.17. The van der Waals surface area contributed by atoms with Crippen molar-refractivity contribution < 1.29 is 9.18 Å². The maximum absolute atomic E-state index is 13.3. The normalized spacial score (nSPS) is 13.2. The highest BCUT2D eigenvalue weighted by atomic mass is 19.1. The first-order valence-electron chi connectivity index (χ1n) is 8.40. The van der Waals surface area contributed by atoms with Gasteiger partial charge in [0.2, 0.25) is 0 Å². The number of nitrogens with one attached hydrogen (secondary N) is 1. The SMILES string of the molecule is O=C(c1cc(Nc2cccc(F)c2)ncn1)N1CCc2ccccc2C1. The fraction of sp³-hybridized carbons (Fsp3) is 0.150. The first kappa shape index (κ1) is 16.2. The first-order chi connectivity index (χ1) is 12.7. The van der Waals surface area contributed by atoms with Crippen LogP contribution in [0, 0.1) is 5.82 Å². The molecule has 0 aliphatic carbocycles. The second kappa shape index (κ2) is 6.92. The van der Waals surface area contributed by atoms with Gasteiger partial charge in [-0.15, -0.1) is 0 Å². The average Bonchev–Trinajstić information content (AvgIpc) is 2.67. The summed E-state index contributed by atoms with van der Waals surface area (Å²) in [7, 11) is 0. The Balaban J connectivity index is 1.52. The molecule has 130 valence electrons. The molecule has 0 unspecified atom stereocenters. The van der Waals surface area contributed by atoms with Crippen LogP contribution in [0.25, 0.3) is 0 Å². The molecule has 1 amide bonds. The summed E-state index contributed by atoms with van der Waals surface area (Å²) in [5.41, 5.74) is 3.33. The number of aromatic nitrogens is 2. The summed E-state index contributed by atoms with van der Waals surface area (Å²) in [6.07, 6.45) is 2.17. The Morgan fingerprint density at radius 2 is 1.88 bits per heavy atom. The van der Waals surface area contributed by atoms with E-state index >= 15 is 0 Å². The highest BCUT2D eigenvalue weighted by Gasteiger charge is 2.22. The number of rotatable bonds is 3. The fourth-order valence-electron chi connectivity index (χ4n) is 3.09. The van der Waals surface area contributed by atoms with Gasteiger partial charge >= 0.3 is 0 Å². The van der Waals surface area contributed by atoms with Crippen LogP contribution in [0.1, 0.15) is 21.6 Å². The number of hydrogen-bond donors (Lipinski definition) is 1. The molecule has 1 N–H and O–H groups in total. The van der Waals surface area contributed by atoms with Gasteiger partial charge in [0.15, 0.2) is 0 Å². The molecule has 1 aromatic heterocycles. The summed E-state index contributed by atoms with van der Waals surface area (Å²) in [6, 6.07) is 15.8. The smallest absolute Gasteiger partial charge is 0.272 e. The molecule has 0 saturated carbocycles. The first-order valence-corrected chi connectivity index (χ1v) is 8.40. The number of carbonyl (C=O) groups excluding carboxylic acids is 1. The lowest BCUT2D eigenvalue weighted by atomic mass is 10.00. The van der Waals surface area contributed by atoms with E-state index in [4.69, 9.17) is 0 Å². The molecule has 1 aliphatic rings. The molecule has 3 aromatic rings. The summed E-state index contributed by atoms with van der Waals surface area (Å²) >= 11 is 0. The van der Waals surface area contributed by atoms with E-state index in [1.54, 1.807) is 23.1 Å². The van der Waals surface area contributed by atoms with Gasteiger partial charge in [0.05, 0.1) is 0 Å². The number of amides is 1. The molecular formula is C20H17FN4O. The monoisotopic (exact) mass is 348 g/mol. The molecule has 2 aromatic carbocycles. The summed E-state index contributed by atoms with van der Waals surface area (Å²) in [6.45, 7) is 1.23. The Kier molecular flexibility index (Phi) is 4.31. The average molecular weight is 348 g/mol. The van der Waals surface area contributed by atoms with Crippen molar-refractivity contribution in [1.29, 1.82) is 0 Å². The zero-order chi connectivity index (χ0) is 17.9. The van der Waals surface area contributed by atoms with E-state index in [1.165, 1.54) is 29.6 Å². The van der Waals surface area contributed by atoms with Crippen molar-refractivity contribution in [3.8, 4) is 0 Å². The van der Waals surface area contributed by atoms with Gasteiger partial charge in [-0.1, -0.05) is 30.3 Å². The van der Waals surface area contributed by atoms with Crippen LogP contribution >= 0.6 is 0 Å². The summed E-state index contributed by atoms with van der Waals surface area (Å²) in [4.78, 5) is 22.8. The van der Waals surface area contributed by atoms with Gasteiger partial charge in [0, 0.05) is 24.8 Å². The summed E-state index contributed by atoms with van der Waals surface area (Å²) < 4.78 is 13.3. The van der Waals surface area contributed by atoms with Gasteiger partial charge in [-0.05, 0) is 35.7 Å². The van der Waals surface area contributed by atoms with Crippen LogP contribution in [0.3, 0.4) is 0 Å². The molecule has 1 aliphatic heterocycles. The third-order valence-corrected chi connectivity index (χ3v) is 4.40.